The van der Waals surface area contributed by atoms with Gasteiger partial charge in [-0.3, -0.25) is 0 Å². The van der Waals surface area contributed by atoms with Crippen molar-refractivity contribution in [3.05, 3.63) is 0 Å². The number of carbonyl (C=O) groups is 3. The summed E-state index contributed by atoms with van der Waals surface area (Å²) in [7, 11) is 0. The Balaban J connectivity index is -0.0000000655. The van der Waals surface area contributed by atoms with Gasteiger partial charge in [-0.15, -0.1) is 0 Å². The first-order valence-corrected chi connectivity index (χ1v) is 4.41. The molecule has 0 aromatic heterocycles. The van der Waals surface area contributed by atoms with Gasteiger partial charge in [0.15, 0.2) is 0 Å². The summed E-state index contributed by atoms with van der Waals surface area (Å²) in [6, 6.07) is 0. The molecule has 0 aromatic rings. The Labute approximate surface area is 125 Å². The Morgan fingerprint density at radius 2 is 0.750 bits per heavy atom. The van der Waals surface area contributed by atoms with Crippen LogP contribution in [0.1, 0.15) is 40.0 Å². The summed E-state index contributed by atoms with van der Waals surface area (Å²) >= 11 is 0. The SMILES string of the molecule is CCC(=O)[O-].CCC(=O)[O-].CCC(=O)[O-].[Ho+3]. The fraction of sp³-hybridized carbons (Fsp3) is 0.667. The maximum Gasteiger partial charge on any atom is 3.00 e. The second-order valence-electron chi connectivity index (χ2n) is 2.18. The molecule has 0 N–H and O–H groups in total. The molecule has 6 nitrogen and oxygen atoms in total. The number of carboxylic acids is 3. The van der Waals surface area contributed by atoms with Gasteiger partial charge in [-0.1, -0.05) is 20.8 Å². The molecule has 0 aliphatic carbocycles. The average molecular weight is 384 g/mol. The summed E-state index contributed by atoms with van der Waals surface area (Å²) in [6.07, 6.45) is 0.333. The van der Waals surface area contributed by atoms with E-state index in [0.29, 0.717) is 0 Å². The van der Waals surface area contributed by atoms with Gasteiger partial charge in [-0.2, -0.15) is 0 Å². The van der Waals surface area contributed by atoms with Crippen molar-refractivity contribution in [1.29, 1.82) is 0 Å². The third-order valence-electron chi connectivity index (χ3n) is 0.866. The van der Waals surface area contributed by atoms with Gasteiger partial charge in [-0.25, -0.2) is 0 Å². The largest absolute Gasteiger partial charge is 3.00 e. The predicted molar refractivity (Wildman–Crippen MR) is 45.9 cm³/mol. The number of rotatable bonds is 3. The Hall–Kier alpha value is -0.330. The summed E-state index contributed by atoms with van der Waals surface area (Å²) < 4.78 is 0. The first kappa shape index (κ1) is 24.8. The Morgan fingerprint density at radius 1 is 0.688 bits per heavy atom. The number of hydrogen-bond acceptors (Lipinski definition) is 6. The van der Waals surface area contributed by atoms with Crippen molar-refractivity contribution in [2.75, 3.05) is 0 Å². The van der Waals surface area contributed by atoms with E-state index >= 15 is 0 Å². The smallest absolute Gasteiger partial charge is 0.550 e. The van der Waals surface area contributed by atoms with E-state index < -0.39 is 17.9 Å². The van der Waals surface area contributed by atoms with E-state index in [2.05, 4.69) is 0 Å². The molecule has 0 amide bonds. The number of hydrogen-bond donors (Lipinski definition) is 0. The molecule has 0 rings (SSSR count). The molecule has 0 bridgehead atoms. The molecule has 0 aromatic carbocycles. The zero-order valence-electron chi connectivity index (χ0n) is 9.37. The molecular weight excluding hydrogens is 369 g/mol. The molecule has 0 atom stereocenters. The quantitative estimate of drug-likeness (QED) is 0.494. The third-order valence-corrected chi connectivity index (χ3v) is 0.866. The molecule has 0 saturated heterocycles. The van der Waals surface area contributed by atoms with Crippen molar-refractivity contribution < 1.29 is 67.4 Å². The Bertz CT molecular complexity index is 159. The van der Waals surface area contributed by atoms with E-state index in [4.69, 9.17) is 0 Å². The van der Waals surface area contributed by atoms with Gasteiger partial charge >= 0.3 is 37.7 Å². The van der Waals surface area contributed by atoms with E-state index in [9.17, 15) is 29.7 Å². The zero-order chi connectivity index (χ0) is 12.9. The summed E-state index contributed by atoms with van der Waals surface area (Å²) in [4.78, 5) is 27.8. The second-order valence-corrected chi connectivity index (χ2v) is 2.18. The number of aliphatic carboxylic acids is 3. The molecule has 16 heavy (non-hydrogen) atoms. The minimum atomic E-state index is -0.995. The van der Waals surface area contributed by atoms with E-state index in [1.807, 2.05) is 0 Å². The van der Waals surface area contributed by atoms with Crippen LogP contribution in [0.2, 0.25) is 0 Å². The molecule has 0 heterocycles. The molecule has 0 radical (unpaired) electrons. The van der Waals surface area contributed by atoms with Crippen LogP contribution in [0.25, 0.3) is 0 Å². The monoisotopic (exact) mass is 384 g/mol. The summed E-state index contributed by atoms with van der Waals surface area (Å²) in [5.41, 5.74) is 0. The minimum Gasteiger partial charge on any atom is -0.550 e. The van der Waals surface area contributed by atoms with Gasteiger partial charge in [0.25, 0.3) is 0 Å². The molecule has 0 aliphatic rings. The van der Waals surface area contributed by atoms with E-state index in [1.54, 1.807) is 0 Å². The van der Waals surface area contributed by atoms with Crippen LogP contribution in [0.15, 0.2) is 0 Å². The Morgan fingerprint density at radius 3 is 0.750 bits per heavy atom. The zero-order valence-corrected chi connectivity index (χ0v) is 11.3. The first-order valence-electron chi connectivity index (χ1n) is 4.41. The summed E-state index contributed by atoms with van der Waals surface area (Å²) in [6.45, 7) is 4.61. The molecule has 0 fully saturated rings. The van der Waals surface area contributed by atoms with Crippen LogP contribution < -0.4 is 15.3 Å². The predicted octanol–water partition coefficient (Wildman–Crippen LogP) is -2.56. The third kappa shape index (κ3) is 68.3. The van der Waals surface area contributed by atoms with Crippen molar-refractivity contribution in [2.45, 2.75) is 40.0 Å². The van der Waals surface area contributed by atoms with Crippen molar-refractivity contribution in [3.8, 4) is 0 Å². The summed E-state index contributed by atoms with van der Waals surface area (Å²) in [5.74, 6) is -2.99. The average Bonchev–Trinajstić information content (AvgIpc) is 2.19. The minimum absolute atomic E-state index is 0. The van der Waals surface area contributed by atoms with Crippen LogP contribution in [-0.2, 0) is 14.4 Å². The maximum absolute atomic E-state index is 9.26. The van der Waals surface area contributed by atoms with Gasteiger partial charge < -0.3 is 29.7 Å². The standard InChI is InChI=1S/3C3H6O2.Ho/c3*1-2-3(4)5;/h3*2H2,1H3,(H,4,5);/q;;;+3/p-3. The molecule has 7 heteroatoms. The molecule has 98 valence electrons. The van der Waals surface area contributed by atoms with Crippen molar-refractivity contribution in [1.82, 2.24) is 0 Å². The fourth-order valence-electron chi connectivity index (χ4n) is 0. The fourth-order valence-corrected chi connectivity index (χ4v) is 0. The topological polar surface area (TPSA) is 120 Å². The first-order chi connectivity index (χ1) is 6.81. The number of carboxylic acid groups (broad SMARTS) is 3. The Kier molecular flexibility index (Phi) is 31.2. The van der Waals surface area contributed by atoms with Crippen molar-refractivity contribution in [2.24, 2.45) is 0 Å². The van der Waals surface area contributed by atoms with Crippen LogP contribution in [-0.4, -0.2) is 17.9 Å². The van der Waals surface area contributed by atoms with Gasteiger partial charge in [0, 0.05) is 17.9 Å². The van der Waals surface area contributed by atoms with Crippen LogP contribution in [0.3, 0.4) is 0 Å². The van der Waals surface area contributed by atoms with Crippen LogP contribution in [0.4, 0.5) is 0 Å². The molecule has 0 saturated carbocycles. The van der Waals surface area contributed by atoms with Gasteiger partial charge in [0.05, 0.1) is 0 Å². The van der Waals surface area contributed by atoms with Crippen LogP contribution in [0, 0.1) is 37.7 Å². The van der Waals surface area contributed by atoms with Crippen molar-refractivity contribution in [3.63, 3.8) is 0 Å². The van der Waals surface area contributed by atoms with Gasteiger partial charge in [0.1, 0.15) is 0 Å². The van der Waals surface area contributed by atoms with Gasteiger partial charge in [0.2, 0.25) is 0 Å². The van der Waals surface area contributed by atoms with E-state index in [-0.39, 0.29) is 57.0 Å². The van der Waals surface area contributed by atoms with Crippen molar-refractivity contribution >= 4 is 17.9 Å². The second kappa shape index (κ2) is 20.1. The molecule has 0 spiro atoms. The van der Waals surface area contributed by atoms with E-state index in [1.165, 1.54) is 20.8 Å². The van der Waals surface area contributed by atoms with Gasteiger partial charge in [-0.05, 0) is 19.3 Å². The maximum atomic E-state index is 9.26. The molecule has 0 unspecified atom stereocenters. The van der Waals surface area contributed by atoms with Crippen LogP contribution >= 0.6 is 0 Å². The summed E-state index contributed by atoms with van der Waals surface area (Å²) in [5, 5.41) is 27.8. The normalized spacial score (nSPS) is 6.94. The molecular formula is C9H15HoO6. The van der Waals surface area contributed by atoms with E-state index in [0.717, 1.165) is 0 Å². The van der Waals surface area contributed by atoms with Crippen LogP contribution in [0.5, 0.6) is 0 Å². The number of carbonyl (C=O) groups excluding carboxylic acids is 3. The molecule has 0 aliphatic heterocycles.